The van der Waals surface area contributed by atoms with Crippen molar-refractivity contribution in [2.24, 2.45) is 4.99 Å². The summed E-state index contributed by atoms with van der Waals surface area (Å²) in [7, 11) is 3.26. The van der Waals surface area contributed by atoms with E-state index in [0.29, 0.717) is 22.4 Å². The van der Waals surface area contributed by atoms with Gasteiger partial charge in [-0.1, -0.05) is 48.5 Å². The van der Waals surface area contributed by atoms with Gasteiger partial charge in [0.25, 0.3) is 5.91 Å². The molecule has 1 saturated heterocycles. The molecule has 1 amide bonds. The van der Waals surface area contributed by atoms with Crippen molar-refractivity contribution in [1.82, 2.24) is 0 Å². The van der Waals surface area contributed by atoms with Crippen LogP contribution in [0.4, 0.5) is 11.4 Å². The van der Waals surface area contributed by atoms with E-state index in [1.54, 1.807) is 19.1 Å². The third-order valence-electron chi connectivity index (χ3n) is 5.86. The largest absolute Gasteiger partial charge is 0.497 e. The molecule has 0 bridgehead atoms. The summed E-state index contributed by atoms with van der Waals surface area (Å²) in [6, 6.07) is 32.4. The molecule has 5 rings (SSSR count). The van der Waals surface area contributed by atoms with Crippen LogP contribution in [0.15, 0.2) is 113 Å². The lowest BCUT2D eigenvalue weighted by Gasteiger charge is -2.15. The molecule has 1 fully saturated rings. The summed E-state index contributed by atoms with van der Waals surface area (Å²) in [5.74, 6) is 2.07. The van der Waals surface area contributed by atoms with Crippen LogP contribution in [0.5, 0.6) is 17.2 Å². The maximum Gasteiger partial charge on any atom is 0.271 e. The Labute approximate surface area is 226 Å². The van der Waals surface area contributed by atoms with Crippen molar-refractivity contribution >= 4 is 40.3 Å². The van der Waals surface area contributed by atoms with Gasteiger partial charge in [-0.3, -0.25) is 9.69 Å². The molecule has 1 heterocycles. The smallest absolute Gasteiger partial charge is 0.271 e. The quantitative estimate of drug-likeness (QED) is 0.231. The molecule has 0 spiro atoms. The number of hydrogen-bond donors (Lipinski definition) is 0. The van der Waals surface area contributed by atoms with E-state index in [1.165, 1.54) is 11.8 Å². The van der Waals surface area contributed by atoms with Gasteiger partial charge in [-0.2, -0.15) is 0 Å². The van der Waals surface area contributed by atoms with Crippen molar-refractivity contribution in [3.63, 3.8) is 0 Å². The second kappa shape index (κ2) is 11.7. The number of carbonyl (C=O) groups is 1. The first-order chi connectivity index (χ1) is 18.6. The Morgan fingerprint density at radius 2 is 1.50 bits per heavy atom. The summed E-state index contributed by atoms with van der Waals surface area (Å²) in [5, 5.41) is 0.617. The van der Waals surface area contributed by atoms with Crippen LogP contribution in [0.3, 0.4) is 0 Å². The summed E-state index contributed by atoms with van der Waals surface area (Å²) in [6.45, 7) is 0.334. The van der Waals surface area contributed by atoms with Crippen LogP contribution in [-0.4, -0.2) is 25.3 Å². The SMILES string of the molecule is COc1ccc(OC)c(COc2ccc(/C=C3\SC(=Nc4ccccc4)N(c4ccccc4)C3=O)cc2)c1. The fourth-order valence-corrected chi connectivity index (χ4v) is 4.93. The highest BCUT2D eigenvalue weighted by Crippen LogP contribution is 2.37. The van der Waals surface area contributed by atoms with Crippen LogP contribution in [0.1, 0.15) is 11.1 Å². The molecule has 0 saturated carbocycles. The monoisotopic (exact) mass is 522 g/mol. The van der Waals surface area contributed by atoms with Crippen molar-refractivity contribution in [3.8, 4) is 17.2 Å². The normalized spacial score (nSPS) is 15.2. The minimum Gasteiger partial charge on any atom is -0.497 e. The maximum absolute atomic E-state index is 13.5. The van der Waals surface area contributed by atoms with Gasteiger partial charge in [-0.15, -0.1) is 0 Å². The topological polar surface area (TPSA) is 60.4 Å². The summed E-state index contributed by atoms with van der Waals surface area (Å²) < 4.78 is 16.7. The lowest BCUT2D eigenvalue weighted by atomic mass is 10.2. The number of para-hydroxylation sites is 2. The van der Waals surface area contributed by atoms with Crippen LogP contribution < -0.4 is 19.1 Å². The number of rotatable bonds is 8. The molecule has 1 aliphatic heterocycles. The number of amidine groups is 1. The van der Waals surface area contributed by atoms with Crippen LogP contribution in [0.2, 0.25) is 0 Å². The Kier molecular flexibility index (Phi) is 7.75. The fraction of sp³-hybridized carbons (Fsp3) is 0.0968. The lowest BCUT2D eigenvalue weighted by Crippen LogP contribution is -2.28. The molecule has 4 aromatic carbocycles. The second-order valence-electron chi connectivity index (χ2n) is 8.35. The molecule has 0 radical (unpaired) electrons. The first-order valence-electron chi connectivity index (χ1n) is 12.0. The van der Waals surface area contributed by atoms with E-state index < -0.39 is 0 Å². The van der Waals surface area contributed by atoms with Crippen LogP contribution in [0, 0.1) is 0 Å². The van der Waals surface area contributed by atoms with Crippen molar-refractivity contribution in [3.05, 3.63) is 119 Å². The molecule has 4 aromatic rings. The van der Waals surface area contributed by atoms with Gasteiger partial charge in [0.1, 0.15) is 23.9 Å². The molecule has 0 aliphatic carbocycles. The Morgan fingerprint density at radius 1 is 0.816 bits per heavy atom. The van der Waals surface area contributed by atoms with Crippen molar-refractivity contribution < 1.29 is 19.0 Å². The molecule has 38 heavy (non-hydrogen) atoms. The molecular weight excluding hydrogens is 496 g/mol. The Hall–Kier alpha value is -4.49. The van der Waals surface area contributed by atoms with Crippen molar-refractivity contribution in [1.29, 1.82) is 0 Å². The third kappa shape index (κ3) is 5.74. The summed E-state index contributed by atoms with van der Waals surface area (Å²) in [5.41, 5.74) is 3.34. The van der Waals surface area contributed by atoms with Crippen LogP contribution in [0.25, 0.3) is 6.08 Å². The average Bonchev–Trinajstić information content (AvgIpc) is 3.27. The van der Waals surface area contributed by atoms with Gasteiger partial charge in [0.05, 0.1) is 30.5 Å². The first-order valence-corrected chi connectivity index (χ1v) is 12.8. The molecule has 0 aromatic heterocycles. The van der Waals surface area contributed by atoms with Gasteiger partial charge in [-0.05, 0) is 78.0 Å². The number of methoxy groups -OCH3 is 2. The lowest BCUT2D eigenvalue weighted by molar-refractivity contribution is -0.113. The fourth-order valence-electron chi connectivity index (χ4n) is 3.93. The highest BCUT2D eigenvalue weighted by atomic mass is 32.2. The van der Waals surface area contributed by atoms with Gasteiger partial charge in [-0.25, -0.2) is 4.99 Å². The third-order valence-corrected chi connectivity index (χ3v) is 6.83. The predicted octanol–water partition coefficient (Wildman–Crippen LogP) is 7.09. The van der Waals surface area contributed by atoms with Crippen molar-refractivity contribution in [2.45, 2.75) is 6.61 Å². The molecule has 6 nitrogen and oxygen atoms in total. The second-order valence-corrected chi connectivity index (χ2v) is 9.36. The number of thioether (sulfide) groups is 1. The molecule has 0 unspecified atom stereocenters. The number of anilines is 1. The predicted molar refractivity (Wildman–Crippen MR) is 153 cm³/mol. The number of hydrogen-bond acceptors (Lipinski definition) is 6. The highest BCUT2D eigenvalue weighted by molar-refractivity contribution is 8.19. The van der Waals surface area contributed by atoms with Crippen LogP contribution >= 0.6 is 11.8 Å². The first kappa shape index (κ1) is 25.2. The van der Waals surface area contributed by atoms with E-state index in [0.717, 1.165) is 34.0 Å². The number of nitrogens with zero attached hydrogens (tertiary/aromatic N) is 2. The minimum atomic E-state index is -0.110. The molecule has 0 atom stereocenters. The van der Waals surface area contributed by atoms with Gasteiger partial charge < -0.3 is 14.2 Å². The standard InChI is InChI=1S/C31H26N2O4S/c1-35-27-17-18-28(36-2)23(20-27)21-37-26-15-13-22(14-16-26)19-29-30(34)33(25-11-7-4-8-12-25)31(38-29)32-24-9-5-3-6-10-24/h3-20H,21H2,1-2H3/b29-19-,32-31?. The average molecular weight is 523 g/mol. The number of benzene rings is 4. The number of ether oxygens (including phenoxy) is 3. The molecule has 190 valence electrons. The summed E-state index contributed by atoms with van der Waals surface area (Å²) in [6.07, 6.45) is 1.88. The minimum absolute atomic E-state index is 0.110. The van der Waals surface area contributed by atoms with E-state index in [1.807, 2.05) is 109 Å². The van der Waals surface area contributed by atoms with E-state index in [9.17, 15) is 4.79 Å². The summed E-state index contributed by atoms with van der Waals surface area (Å²) >= 11 is 1.36. The Bertz CT molecular complexity index is 1470. The van der Waals surface area contributed by atoms with Gasteiger partial charge >= 0.3 is 0 Å². The van der Waals surface area contributed by atoms with Crippen LogP contribution in [-0.2, 0) is 11.4 Å². The Morgan fingerprint density at radius 3 is 2.18 bits per heavy atom. The van der Waals surface area contributed by atoms with E-state index >= 15 is 0 Å². The van der Waals surface area contributed by atoms with Gasteiger partial charge in [0, 0.05) is 5.56 Å². The molecule has 1 aliphatic rings. The maximum atomic E-state index is 13.5. The number of carbonyl (C=O) groups excluding carboxylic acids is 1. The number of aliphatic imine (C=N–C) groups is 1. The van der Waals surface area contributed by atoms with E-state index in [-0.39, 0.29) is 5.91 Å². The zero-order valence-electron chi connectivity index (χ0n) is 21.0. The van der Waals surface area contributed by atoms with Gasteiger partial charge in [0.2, 0.25) is 0 Å². The molecule has 0 N–H and O–H groups in total. The van der Waals surface area contributed by atoms with Gasteiger partial charge in [0.15, 0.2) is 5.17 Å². The van der Waals surface area contributed by atoms with E-state index in [4.69, 9.17) is 19.2 Å². The van der Waals surface area contributed by atoms with Crippen molar-refractivity contribution in [2.75, 3.05) is 19.1 Å². The Balaban J connectivity index is 1.35. The molecule has 7 heteroatoms. The molecular formula is C31H26N2O4S. The summed E-state index contributed by atoms with van der Waals surface area (Å²) in [4.78, 5) is 20.5. The zero-order valence-corrected chi connectivity index (χ0v) is 21.9. The zero-order chi connectivity index (χ0) is 26.3. The highest BCUT2D eigenvalue weighted by Gasteiger charge is 2.34. The number of amides is 1. The van der Waals surface area contributed by atoms with E-state index in [2.05, 4.69) is 0 Å².